The molecule has 3 aliphatic heterocycles. The fraction of sp³-hybridized carbons (Fsp3) is 0.600. The van der Waals surface area contributed by atoms with Crippen LogP contribution in [0.15, 0.2) is 47.1 Å². The zero-order valence-electron chi connectivity index (χ0n) is 36.2. The number of likely N-dealkylation sites (N-methyl/N-ethyl adjacent to an activating group) is 1. The largest absolute Gasteiger partial charge is 0.459 e. The number of fused-ring (bicyclic) bond motifs is 2. The van der Waals surface area contributed by atoms with E-state index in [1.807, 2.05) is 63.2 Å². The van der Waals surface area contributed by atoms with Crippen LogP contribution in [-0.4, -0.2) is 118 Å². The molecule has 15 heteroatoms. The second-order valence-electron chi connectivity index (χ2n) is 17.4. The van der Waals surface area contributed by atoms with Crippen LogP contribution in [0.25, 0.3) is 22.2 Å². The molecule has 3 aliphatic rings. The number of aliphatic hydroxyl groups is 1. The van der Waals surface area contributed by atoms with Crippen molar-refractivity contribution in [1.82, 2.24) is 25.7 Å². The Balaban J connectivity index is 1.36. The number of nitrogens with zero attached hydrogens (tertiary/aromatic N) is 3. The minimum Gasteiger partial charge on any atom is -0.459 e. The maximum Gasteiger partial charge on any atom is 0.316 e. The predicted octanol–water partition coefficient (Wildman–Crippen LogP) is 4.68. The molecule has 1 aromatic carbocycles. The SMILES string of the molecule is CC[C@H]1OC(=O)[C@H](C)C(=O)[C@H](C)[C@@H](O[C@@H]2O[C@H](C)C[C@H](N(C)C)[C@H]2O)[C@](C)(OCC#Cc2cc(-c3cnc4ccccc4c3)no2)C[C@@H](C)C(=O)[C@H](C)[C@H]2NC(=O)N[C@@]21C. The van der Waals surface area contributed by atoms with E-state index in [4.69, 9.17) is 23.5 Å². The lowest BCUT2D eigenvalue weighted by Gasteiger charge is -2.47. The average Bonchev–Trinajstić information content (AvgIpc) is 3.82. The van der Waals surface area contributed by atoms with E-state index in [0.29, 0.717) is 18.5 Å². The molecule has 0 saturated carbocycles. The van der Waals surface area contributed by atoms with Gasteiger partial charge in [-0.15, -0.1) is 0 Å². The number of pyridine rings is 1. The summed E-state index contributed by atoms with van der Waals surface area (Å²) in [7, 11) is 3.72. The summed E-state index contributed by atoms with van der Waals surface area (Å²) in [5, 5.41) is 22.6. The maximum atomic E-state index is 14.5. The van der Waals surface area contributed by atoms with Crippen molar-refractivity contribution < 1.29 is 47.8 Å². The number of rotatable bonds is 7. The first-order chi connectivity index (χ1) is 28.4. The van der Waals surface area contributed by atoms with Gasteiger partial charge in [0, 0.05) is 47.0 Å². The summed E-state index contributed by atoms with van der Waals surface area (Å²) in [4.78, 5) is 62.2. The van der Waals surface area contributed by atoms with E-state index in [1.54, 1.807) is 46.9 Å². The molecule has 5 heterocycles. The second-order valence-corrected chi connectivity index (χ2v) is 17.4. The zero-order valence-corrected chi connectivity index (χ0v) is 36.2. The Bertz CT molecular complexity index is 2130. The van der Waals surface area contributed by atoms with Gasteiger partial charge in [-0.1, -0.05) is 57.0 Å². The number of ketones is 2. The minimum atomic E-state index is -1.44. The van der Waals surface area contributed by atoms with Crippen molar-refractivity contribution >= 4 is 34.5 Å². The van der Waals surface area contributed by atoms with Crippen LogP contribution in [0.3, 0.4) is 0 Å². The third-order valence-electron chi connectivity index (χ3n) is 12.7. The van der Waals surface area contributed by atoms with E-state index < -0.39 is 83.2 Å². The van der Waals surface area contributed by atoms with Crippen LogP contribution < -0.4 is 10.6 Å². The molecule has 3 N–H and O–H groups in total. The van der Waals surface area contributed by atoms with Crippen LogP contribution in [-0.2, 0) is 33.3 Å². The standard InChI is InChI=1S/C45H59N5O10/c1-11-35-45(8)39(47-43(55)48-45)26(4)36(51)24(2)22-44(7,56-18-14-16-31-21-33(49-60-31)30-20-29-15-12-13-17-32(29)46-23-30)40(27(5)37(52)28(6)41(54)58-35)59-42-38(53)34(50(9)10)19-25(3)57-42/h12-13,15,17,20-21,23-28,34-35,38-40,42,53H,11,18-19,22H2,1-10H3,(H2,47,48,55)/t24-,25-,26+,27+,28-,34+,35-,38-,39-,40-,42+,44-,45-/m1/s1. The first kappa shape index (κ1) is 44.8. The quantitative estimate of drug-likeness (QED) is 0.169. The Hall–Kier alpha value is -4.72. The van der Waals surface area contributed by atoms with Gasteiger partial charge in [0.2, 0.25) is 5.76 Å². The molecule has 6 rings (SSSR count). The van der Waals surface area contributed by atoms with Crippen molar-refractivity contribution in [2.75, 3.05) is 20.7 Å². The average molecular weight is 830 g/mol. The number of hydrogen-bond acceptors (Lipinski definition) is 13. The molecule has 13 atom stereocenters. The third-order valence-corrected chi connectivity index (χ3v) is 12.7. The summed E-state index contributed by atoms with van der Waals surface area (Å²) >= 11 is 0. The van der Waals surface area contributed by atoms with E-state index in [1.165, 1.54) is 6.92 Å². The lowest BCUT2D eigenvalue weighted by Crippen LogP contribution is -2.62. The number of cyclic esters (lactones) is 1. The van der Waals surface area contributed by atoms with Crippen LogP contribution in [0.5, 0.6) is 0 Å². The smallest absolute Gasteiger partial charge is 0.316 e. The maximum absolute atomic E-state index is 14.5. The highest BCUT2D eigenvalue weighted by atomic mass is 16.7. The van der Waals surface area contributed by atoms with Crippen molar-refractivity contribution in [3.05, 3.63) is 48.4 Å². The highest BCUT2D eigenvalue weighted by Gasteiger charge is 2.55. The van der Waals surface area contributed by atoms with Crippen LogP contribution in [0.1, 0.15) is 80.4 Å². The van der Waals surface area contributed by atoms with E-state index in [2.05, 4.69) is 32.6 Å². The fourth-order valence-corrected chi connectivity index (χ4v) is 9.28. The van der Waals surface area contributed by atoms with Gasteiger partial charge in [-0.25, -0.2) is 4.79 Å². The van der Waals surface area contributed by atoms with E-state index >= 15 is 0 Å². The number of nitrogens with one attached hydrogen (secondary N) is 2. The normalized spacial score (nSPS) is 35.5. The Kier molecular flexibility index (Phi) is 13.5. The molecule has 3 saturated heterocycles. The highest BCUT2D eigenvalue weighted by Crippen LogP contribution is 2.39. The monoisotopic (exact) mass is 829 g/mol. The Morgan fingerprint density at radius 2 is 1.75 bits per heavy atom. The molecule has 3 aromatic rings. The lowest BCUT2D eigenvalue weighted by molar-refractivity contribution is -0.296. The van der Waals surface area contributed by atoms with Crippen LogP contribution in [0.4, 0.5) is 4.79 Å². The van der Waals surface area contributed by atoms with Gasteiger partial charge < -0.3 is 44.1 Å². The molecule has 0 aliphatic carbocycles. The molecular weight excluding hydrogens is 771 g/mol. The molecule has 2 amide bonds. The number of aliphatic hydroxyl groups excluding tert-OH is 1. The number of ether oxygens (including phenoxy) is 4. The molecule has 60 heavy (non-hydrogen) atoms. The highest BCUT2D eigenvalue weighted by molar-refractivity contribution is 6.00. The topological polar surface area (TPSA) is 192 Å². The molecule has 0 bridgehead atoms. The van der Waals surface area contributed by atoms with Crippen molar-refractivity contribution in [2.24, 2.45) is 23.7 Å². The summed E-state index contributed by atoms with van der Waals surface area (Å²) in [6.45, 7) is 13.6. The number of aromatic nitrogens is 2. The second kappa shape index (κ2) is 18.1. The summed E-state index contributed by atoms with van der Waals surface area (Å²) in [5.41, 5.74) is -0.434. The molecule has 324 valence electrons. The van der Waals surface area contributed by atoms with E-state index in [0.717, 1.165) is 16.5 Å². The number of amides is 2. The number of hydrogen-bond donors (Lipinski definition) is 3. The molecular formula is C45H59N5O10. The van der Waals surface area contributed by atoms with Gasteiger partial charge in [-0.2, -0.15) is 0 Å². The van der Waals surface area contributed by atoms with Gasteiger partial charge in [0.15, 0.2) is 12.1 Å². The van der Waals surface area contributed by atoms with Crippen molar-refractivity contribution in [3.8, 4) is 23.1 Å². The van der Waals surface area contributed by atoms with Gasteiger partial charge in [-0.05, 0) is 79.1 Å². The lowest BCUT2D eigenvalue weighted by atomic mass is 9.73. The molecule has 0 spiro atoms. The van der Waals surface area contributed by atoms with Crippen LogP contribution in [0.2, 0.25) is 0 Å². The Morgan fingerprint density at radius 3 is 2.47 bits per heavy atom. The summed E-state index contributed by atoms with van der Waals surface area (Å²) in [6.07, 6.45) is -2.03. The molecule has 3 fully saturated rings. The number of carbonyl (C=O) groups is 4. The number of carbonyl (C=O) groups excluding carboxylic acids is 4. The number of urea groups is 1. The van der Waals surface area contributed by atoms with Crippen molar-refractivity contribution in [2.45, 2.75) is 129 Å². The van der Waals surface area contributed by atoms with Gasteiger partial charge in [0.05, 0.1) is 34.9 Å². The Morgan fingerprint density at radius 1 is 1.02 bits per heavy atom. The number of para-hydroxylation sites is 1. The van der Waals surface area contributed by atoms with Crippen LogP contribution in [0, 0.1) is 35.5 Å². The van der Waals surface area contributed by atoms with Crippen molar-refractivity contribution in [3.63, 3.8) is 0 Å². The number of Topliss-reactive ketones (excluding diaryl/α,β-unsaturated/α-hetero) is 2. The van der Waals surface area contributed by atoms with Gasteiger partial charge in [0.1, 0.15) is 36.2 Å². The molecule has 0 unspecified atom stereocenters. The molecule has 0 radical (unpaired) electrons. The summed E-state index contributed by atoms with van der Waals surface area (Å²) in [6, 6.07) is 9.86. The first-order valence-corrected chi connectivity index (χ1v) is 20.8. The third kappa shape index (κ3) is 9.13. The zero-order chi connectivity index (χ0) is 43.7. The Labute approximate surface area is 351 Å². The number of benzene rings is 1. The van der Waals surface area contributed by atoms with Crippen molar-refractivity contribution in [1.29, 1.82) is 0 Å². The predicted molar refractivity (Wildman–Crippen MR) is 221 cm³/mol. The summed E-state index contributed by atoms with van der Waals surface area (Å²) in [5.74, 6) is 1.05. The van der Waals surface area contributed by atoms with E-state index in [9.17, 15) is 24.3 Å². The van der Waals surface area contributed by atoms with Gasteiger partial charge in [0.25, 0.3) is 0 Å². The molecule has 15 nitrogen and oxygen atoms in total. The number of esters is 1. The molecule has 2 aromatic heterocycles. The van der Waals surface area contributed by atoms with Gasteiger partial charge in [-0.3, -0.25) is 19.4 Å². The van der Waals surface area contributed by atoms with Gasteiger partial charge >= 0.3 is 12.0 Å². The first-order valence-electron chi connectivity index (χ1n) is 20.8. The minimum absolute atomic E-state index is 0.0396. The fourth-order valence-electron chi connectivity index (χ4n) is 9.28. The summed E-state index contributed by atoms with van der Waals surface area (Å²) < 4.78 is 31.2. The van der Waals surface area contributed by atoms with Crippen LogP contribution >= 0.6 is 0 Å². The van der Waals surface area contributed by atoms with E-state index in [-0.39, 0.29) is 36.7 Å².